The molecule has 2 aromatic rings. The van der Waals surface area contributed by atoms with Crippen molar-refractivity contribution in [3.05, 3.63) is 51.1 Å². The van der Waals surface area contributed by atoms with Gasteiger partial charge < -0.3 is 5.11 Å². The highest BCUT2D eigenvalue weighted by molar-refractivity contribution is 9.10. The Balaban J connectivity index is 1.79. The van der Waals surface area contributed by atoms with Gasteiger partial charge in [0.05, 0.1) is 11.4 Å². The Bertz CT molecular complexity index is 714. The molecule has 3 nitrogen and oxygen atoms in total. The molecule has 114 valence electrons. The average molecular weight is 396 g/mol. The maximum absolute atomic E-state index is 11.4. The zero-order valence-corrected chi connectivity index (χ0v) is 15.1. The summed E-state index contributed by atoms with van der Waals surface area (Å²) in [7, 11) is 0. The molecule has 0 saturated carbocycles. The van der Waals surface area contributed by atoms with Crippen LogP contribution in [0.15, 0.2) is 46.3 Å². The molecule has 0 amide bonds. The van der Waals surface area contributed by atoms with Gasteiger partial charge in [-0.25, -0.2) is 9.48 Å². The summed E-state index contributed by atoms with van der Waals surface area (Å²) < 4.78 is 3.25. The van der Waals surface area contributed by atoms with E-state index in [2.05, 4.69) is 49.7 Å². The molecule has 0 spiro atoms. The quantitative estimate of drug-likeness (QED) is 0.785. The molecule has 6 heteroatoms. The number of benzene rings is 1. The third kappa shape index (κ3) is 2.33. The van der Waals surface area contributed by atoms with Crippen molar-refractivity contribution in [3.63, 3.8) is 0 Å². The van der Waals surface area contributed by atoms with Crippen molar-refractivity contribution in [2.75, 3.05) is 23.7 Å². The van der Waals surface area contributed by atoms with Crippen LogP contribution in [0.3, 0.4) is 0 Å². The molecule has 2 aliphatic heterocycles. The van der Waals surface area contributed by atoms with E-state index in [1.165, 1.54) is 5.17 Å². The van der Waals surface area contributed by atoms with Gasteiger partial charge in [0.15, 0.2) is 6.54 Å². The van der Waals surface area contributed by atoms with Gasteiger partial charge in [-0.1, -0.05) is 22.0 Å². The molecule has 1 aromatic heterocycles. The molecule has 1 N–H and O–H groups in total. The molecule has 22 heavy (non-hydrogen) atoms. The summed E-state index contributed by atoms with van der Waals surface area (Å²) in [4.78, 5) is 3.27. The van der Waals surface area contributed by atoms with Crippen LogP contribution >= 0.6 is 39.0 Å². The summed E-state index contributed by atoms with van der Waals surface area (Å²) in [6, 6.07) is 12.4. The molecule has 4 rings (SSSR count). The molecule has 3 heterocycles. The summed E-state index contributed by atoms with van der Waals surface area (Å²) in [5.41, 5.74) is 0.217. The number of amidine groups is 1. The average Bonchev–Trinajstić information content (AvgIpc) is 3.17. The van der Waals surface area contributed by atoms with Gasteiger partial charge in [-0.05, 0) is 53.9 Å². The Kier molecular flexibility index (Phi) is 3.80. The number of aliphatic hydroxyl groups is 1. The van der Waals surface area contributed by atoms with Crippen LogP contribution in [0.5, 0.6) is 0 Å². The van der Waals surface area contributed by atoms with E-state index < -0.39 is 5.72 Å². The molecule has 0 radical (unpaired) electrons. The Morgan fingerprint density at radius 2 is 2.05 bits per heavy atom. The first-order chi connectivity index (χ1) is 10.7. The van der Waals surface area contributed by atoms with Crippen LogP contribution in [0.25, 0.3) is 0 Å². The summed E-state index contributed by atoms with van der Waals surface area (Å²) in [5, 5.41) is 14.6. The van der Waals surface area contributed by atoms with Gasteiger partial charge in [0.25, 0.3) is 5.72 Å². The van der Waals surface area contributed by atoms with Crippen molar-refractivity contribution in [1.82, 2.24) is 0 Å². The van der Waals surface area contributed by atoms with E-state index in [1.54, 1.807) is 11.3 Å². The number of hydrogen-bond acceptors (Lipinski definition) is 4. The summed E-state index contributed by atoms with van der Waals surface area (Å²) in [6.07, 6.45) is 1.11. The highest BCUT2D eigenvalue weighted by Crippen LogP contribution is 2.39. The van der Waals surface area contributed by atoms with Gasteiger partial charge in [-0.2, -0.15) is 0 Å². The third-order valence-corrected chi connectivity index (χ3v) is 6.83. The van der Waals surface area contributed by atoms with Gasteiger partial charge >= 0.3 is 5.17 Å². The van der Waals surface area contributed by atoms with Gasteiger partial charge in [-0.15, -0.1) is 11.3 Å². The van der Waals surface area contributed by atoms with E-state index in [1.807, 2.05) is 29.3 Å². The minimum Gasteiger partial charge on any atom is -0.346 e. The molecule has 0 bridgehead atoms. The predicted octanol–water partition coefficient (Wildman–Crippen LogP) is 3.68. The molecule has 0 aliphatic carbocycles. The number of halogens is 1. The summed E-state index contributed by atoms with van der Waals surface area (Å²) in [6.45, 7) is 1.49. The molecule has 2 aliphatic rings. The number of nitrogens with zero attached hydrogens (tertiary/aromatic N) is 2. The van der Waals surface area contributed by atoms with Crippen molar-refractivity contribution in [2.45, 2.75) is 12.1 Å². The minimum atomic E-state index is -0.913. The fourth-order valence-electron chi connectivity index (χ4n) is 3.04. The molecular formula is C16H16BrN2OS2+. The number of anilines is 1. The molecule has 0 fully saturated rings. The highest BCUT2D eigenvalue weighted by Gasteiger charge is 2.53. The summed E-state index contributed by atoms with van der Waals surface area (Å²) in [5.74, 6) is 1.11. The topological polar surface area (TPSA) is 26.5 Å². The van der Waals surface area contributed by atoms with Gasteiger partial charge in [0.2, 0.25) is 0 Å². The normalized spacial score (nSPS) is 24.7. The first-order valence-electron chi connectivity index (χ1n) is 7.25. The second kappa shape index (κ2) is 5.67. The zero-order chi connectivity index (χ0) is 15.2. The molecule has 0 unspecified atom stereocenters. The first kappa shape index (κ1) is 14.8. The first-order valence-corrected chi connectivity index (χ1v) is 9.91. The van der Waals surface area contributed by atoms with Crippen LogP contribution in [0.2, 0.25) is 0 Å². The van der Waals surface area contributed by atoms with E-state index in [-0.39, 0.29) is 0 Å². The lowest BCUT2D eigenvalue weighted by Gasteiger charge is -2.22. The molecule has 1 atom stereocenters. The lowest BCUT2D eigenvalue weighted by molar-refractivity contribution is -0.655. The second-order valence-electron chi connectivity index (χ2n) is 5.49. The zero-order valence-electron chi connectivity index (χ0n) is 11.9. The van der Waals surface area contributed by atoms with E-state index in [9.17, 15) is 5.11 Å². The van der Waals surface area contributed by atoms with Crippen LogP contribution in [-0.4, -0.2) is 33.7 Å². The fourth-order valence-corrected chi connectivity index (χ4v) is 5.31. The maximum Gasteiger partial charge on any atom is 0.316 e. The number of β-amino-alcohol motifs (C(OH)–C–C–N with tert-alkyl or cyclic N) is 1. The number of rotatable bonds is 2. The highest BCUT2D eigenvalue weighted by atomic mass is 79.9. The van der Waals surface area contributed by atoms with Crippen molar-refractivity contribution in [1.29, 1.82) is 0 Å². The SMILES string of the molecule is O[C@]1(c2cccs2)CN(c2ccc(Br)cc2)C2=[N+]1CCCS2. The second-order valence-corrected chi connectivity index (χ2v) is 8.42. The predicted molar refractivity (Wildman–Crippen MR) is 96.9 cm³/mol. The van der Waals surface area contributed by atoms with Crippen molar-refractivity contribution in [3.8, 4) is 0 Å². The van der Waals surface area contributed by atoms with Crippen molar-refractivity contribution < 1.29 is 9.68 Å². The van der Waals surface area contributed by atoms with Gasteiger partial charge in [0, 0.05) is 10.2 Å². The van der Waals surface area contributed by atoms with Crippen molar-refractivity contribution in [2.24, 2.45) is 0 Å². The fraction of sp³-hybridized carbons (Fsp3) is 0.312. The Labute approximate surface area is 146 Å². The van der Waals surface area contributed by atoms with E-state index in [4.69, 9.17) is 0 Å². The van der Waals surface area contributed by atoms with E-state index in [0.717, 1.165) is 33.8 Å². The molecule has 1 aromatic carbocycles. The van der Waals surface area contributed by atoms with Crippen LogP contribution in [0.4, 0.5) is 5.69 Å². The monoisotopic (exact) mass is 395 g/mol. The van der Waals surface area contributed by atoms with E-state index >= 15 is 0 Å². The van der Waals surface area contributed by atoms with Crippen LogP contribution in [0.1, 0.15) is 11.3 Å². The molecular weight excluding hydrogens is 380 g/mol. The molecule has 0 saturated heterocycles. The number of thioether (sulfide) groups is 1. The van der Waals surface area contributed by atoms with Crippen LogP contribution in [0, 0.1) is 0 Å². The Hall–Kier alpha value is -0.820. The number of hydrogen-bond donors (Lipinski definition) is 1. The van der Waals surface area contributed by atoms with Crippen LogP contribution < -0.4 is 4.90 Å². The Morgan fingerprint density at radius 1 is 1.23 bits per heavy atom. The summed E-state index contributed by atoms with van der Waals surface area (Å²) >= 11 is 6.96. The number of thiophene rings is 1. The lowest BCUT2D eigenvalue weighted by atomic mass is 10.1. The lowest BCUT2D eigenvalue weighted by Crippen LogP contribution is -2.40. The van der Waals surface area contributed by atoms with Gasteiger partial charge in [-0.3, -0.25) is 0 Å². The minimum absolute atomic E-state index is 0.581. The Morgan fingerprint density at radius 3 is 2.77 bits per heavy atom. The third-order valence-electron chi connectivity index (χ3n) is 4.10. The van der Waals surface area contributed by atoms with Crippen molar-refractivity contribution >= 4 is 49.9 Å². The van der Waals surface area contributed by atoms with E-state index in [0.29, 0.717) is 6.54 Å². The maximum atomic E-state index is 11.4. The van der Waals surface area contributed by atoms with Crippen LogP contribution in [-0.2, 0) is 5.72 Å². The largest absolute Gasteiger partial charge is 0.346 e. The van der Waals surface area contributed by atoms with Gasteiger partial charge in [0.1, 0.15) is 5.69 Å². The smallest absolute Gasteiger partial charge is 0.316 e. The standard InChI is InChI=1S/C16H16BrN2OS2/c17-12-4-6-13(7-5-12)18-11-16(20,14-3-1-9-21-14)19-8-2-10-22-15(18)19/h1,3-7,9,20H,2,8,10-11H2/q+1/t16-/m0/s1.